The Morgan fingerprint density at radius 2 is 2.17 bits per heavy atom. The van der Waals surface area contributed by atoms with E-state index in [1.165, 1.54) is 12.1 Å². The molecule has 1 saturated carbocycles. The fourth-order valence-corrected chi connectivity index (χ4v) is 3.38. The molecule has 0 radical (unpaired) electrons. The van der Waals surface area contributed by atoms with Gasteiger partial charge in [0.2, 0.25) is 11.2 Å². The lowest BCUT2D eigenvalue weighted by Gasteiger charge is -2.17. The Morgan fingerprint density at radius 1 is 1.39 bits per heavy atom. The molecule has 0 bridgehead atoms. The predicted octanol–water partition coefficient (Wildman–Crippen LogP) is 0.709. The van der Waals surface area contributed by atoms with E-state index in [9.17, 15) is 18.5 Å². The number of nitrogens with zero attached hydrogens (tertiary/aromatic N) is 3. The Hall–Kier alpha value is -2.49. The molecule has 1 atom stereocenters. The van der Waals surface area contributed by atoms with E-state index in [0.717, 1.165) is 17.1 Å². The zero-order valence-electron chi connectivity index (χ0n) is 11.7. The van der Waals surface area contributed by atoms with Crippen molar-refractivity contribution >= 4 is 22.8 Å². The van der Waals surface area contributed by atoms with E-state index in [1.807, 2.05) is 0 Å². The third-order valence-corrected chi connectivity index (χ3v) is 4.85. The quantitative estimate of drug-likeness (QED) is 0.764. The molecule has 8 nitrogen and oxygen atoms in total. The molecule has 1 saturated heterocycles. The number of hydrogen-bond donors (Lipinski definition) is 3. The van der Waals surface area contributed by atoms with Crippen molar-refractivity contribution in [3.63, 3.8) is 0 Å². The lowest BCUT2D eigenvalue weighted by atomic mass is 10.1. The maximum absolute atomic E-state index is 14.8. The smallest absolute Gasteiger partial charge is 0.253 e. The predicted molar refractivity (Wildman–Crippen MR) is 79.0 cm³/mol. The van der Waals surface area contributed by atoms with E-state index in [2.05, 4.69) is 19.9 Å². The Labute approximate surface area is 132 Å². The third kappa shape index (κ3) is 2.34. The number of aromatic nitrogens is 3. The second-order valence-corrected chi connectivity index (χ2v) is 6.57. The van der Waals surface area contributed by atoms with Crippen LogP contribution < -0.4 is 9.03 Å². The van der Waals surface area contributed by atoms with Crippen LogP contribution in [0.4, 0.5) is 10.1 Å². The molecule has 2 heterocycles. The lowest BCUT2D eigenvalue weighted by Crippen LogP contribution is -2.23. The van der Waals surface area contributed by atoms with Crippen LogP contribution in [-0.4, -0.2) is 36.9 Å². The molecule has 2 aromatic rings. The minimum absolute atomic E-state index is 0.0669. The van der Waals surface area contributed by atoms with Crippen molar-refractivity contribution in [3.8, 4) is 17.1 Å². The van der Waals surface area contributed by atoms with E-state index >= 15 is 0 Å². The first-order valence-corrected chi connectivity index (χ1v) is 8.08. The molecule has 1 amide bonds. The zero-order valence-corrected chi connectivity index (χ0v) is 12.6. The SMILES string of the molecule is O=C1CN(c2c(O)ccc(-c3n[nH]c(C4CC4)n3)c2F)S(=O)N1. The number of anilines is 1. The van der Waals surface area contributed by atoms with Crippen molar-refractivity contribution < 1.29 is 18.5 Å². The van der Waals surface area contributed by atoms with Gasteiger partial charge in [-0.25, -0.2) is 13.6 Å². The largest absolute Gasteiger partial charge is 0.506 e. The van der Waals surface area contributed by atoms with Gasteiger partial charge in [0.05, 0.1) is 5.56 Å². The minimum atomic E-state index is -1.93. The van der Waals surface area contributed by atoms with Gasteiger partial charge in [0.1, 0.15) is 23.8 Å². The van der Waals surface area contributed by atoms with Crippen molar-refractivity contribution in [2.24, 2.45) is 0 Å². The number of phenolic OH excluding ortho intramolecular Hbond substituents is 1. The maximum atomic E-state index is 14.8. The molecule has 10 heteroatoms. The Bertz CT molecular complexity index is 835. The fourth-order valence-electron chi connectivity index (χ4n) is 2.43. The second-order valence-electron chi connectivity index (χ2n) is 5.42. The van der Waals surface area contributed by atoms with Crippen LogP contribution >= 0.6 is 0 Å². The van der Waals surface area contributed by atoms with E-state index in [-0.39, 0.29) is 23.6 Å². The summed E-state index contributed by atoms with van der Waals surface area (Å²) < 4.78 is 29.8. The Balaban J connectivity index is 1.78. The number of carbonyl (C=O) groups excluding carboxylic acids is 1. The average Bonchev–Trinajstić information content (AvgIpc) is 3.15. The highest BCUT2D eigenvalue weighted by atomic mass is 32.2. The highest BCUT2D eigenvalue weighted by Gasteiger charge is 2.33. The van der Waals surface area contributed by atoms with Gasteiger partial charge >= 0.3 is 0 Å². The standard InChI is InChI=1S/C13H12FN5O3S/c14-10-7(13-15-12(16-17-13)6-1-2-6)3-4-8(20)11(10)19-5-9(21)18-23(19)22/h3-4,6,20H,1-2,5H2,(H,18,21)(H,15,16,17). The average molecular weight is 337 g/mol. The number of carbonyl (C=O) groups is 1. The molecule has 1 aromatic heterocycles. The number of rotatable bonds is 3. The summed E-state index contributed by atoms with van der Waals surface area (Å²) in [4.78, 5) is 15.6. The first-order valence-electron chi connectivity index (χ1n) is 6.97. The molecule has 120 valence electrons. The molecule has 23 heavy (non-hydrogen) atoms. The molecule has 1 aromatic carbocycles. The molecule has 2 fully saturated rings. The van der Waals surface area contributed by atoms with Crippen LogP contribution in [0.15, 0.2) is 12.1 Å². The molecule has 4 rings (SSSR count). The van der Waals surface area contributed by atoms with Crippen LogP contribution in [0.2, 0.25) is 0 Å². The Morgan fingerprint density at radius 3 is 2.83 bits per heavy atom. The van der Waals surface area contributed by atoms with Gasteiger partial charge in [0.15, 0.2) is 11.6 Å². The van der Waals surface area contributed by atoms with Gasteiger partial charge in [0.25, 0.3) is 5.91 Å². The van der Waals surface area contributed by atoms with Gasteiger partial charge in [-0.15, -0.1) is 0 Å². The van der Waals surface area contributed by atoms with Gasteiger partial charge in [-0.05, 0) is 25.0 Å². The van der Waals surface area contributed by atoms with E-state index in [0.29, 0.717) is 11.7 Å². The summed E-state index contributed by atoms with van der Waals surface area (Å²) in [5, 5.41) is 16.7. The second kappa shape index (κ2) is 5.01. The topological polar surface area (TPSA) is 111 Å². The van der Waals surface area contributed by atoms with Crippen molar-refractivity contribution in [2.75, 3.05) is 10.8 Å². The minimum Gasteiger partial charge on any atom is -0.506 e. The van der Waals surface area contributed by atoms with E-state index in [1.54, 1.807) is 0 Å². The van der Waals surface area contributed by atoms with Crippen molar-refractivity contribution in [1.82, 2.24) is 19.9 Å². The van der Waals surface area contributed by atoms with Crippen LogP contribution in [0.5, 0.6) is 5.75 Å². The highest BCUT2D eigenvalue weighted by Crippen LogP contribution is 2.40. The van der Waals surface area contributed by atoms with Crippen molar-refractivity contribution in [1.29, 1.82) is 0 Å². The molecule has 1 aliphatic carbocycles. The summed E-state index contributed by atoms with van der Waals surface area (Å²) in [6.07, 6.45) is 2.05. The summed E-state index contributed by atoms with van der Waals surface area (Å²) in [7, 11) is 0. The van der Waals surface area contributed by atoms with Gasteiger partial charge < -0.3 is 5.11 Å². The number of amides is 1. The van der Waals surface area contributed by atoms with Crippen LogP contribution in [0.3, 0.4) is 0 Å². The van der Waals surface area contributed by atoms with Crippen LogP contribution in [-0.2, 0) is 16.0 Å². The number of nitrogens with one attached hydrogen (secondary N) is 2. The summed E-state index contributed by atoms with van der Waals surface area (Å²) in [5.41, 5.74) is -0.241. The summed E-state index contributed by atoms with van der Waals surface area (Å²) in [6, 6.07) is 2.61. The fraction of sp³-hybridized carbons (Fsp3) is 0.308. The number of H-pyrrole nitrogens is 1. The van der Waals surface area contributed by atoms with Crippen LogP contribution in [0.25, 0.3) is 11.4 Å². The summed E-state index contributed by atoms with van der Waals surface area (Å²) >= 11 is -1.93. The van der Waals surface area contributed by atoms with Gasteiger partial charge in [-0.2, -0.15) is 5.10 Å². The van der Waals surface area contributed by atoms with E-state index < -0.39 is 28.6 Å². The normalized spacial score (nSPS) is 20.8. The number of aromatic amines is 1. The summed E-state index contributed by atoms with van der Waals surface area (Å²) in [6.45, 7) is -0.304. The number of benzene rings is 1. The monoisotopic (exact) mass is 337 g/mol. The first-order chi connectivity index (χ1) is 11.0. The van der Waals surface area contributed by atoms with Crippen LogP contribution in [0, 0.1) is 5.82 Å². The van der Waals surface area contributed by atoms with Crippen molar-refractivity contribution in [2.45, 2.75) is 18.8 Å². The number of phenols is 1. The van der Waals surface area contributed by atoms with Crippen LogP contribution in [0.1, 0.15) is 24.6 Å². The highest BCUT2D eigenvalue weighted by molar-refractivity contribution is 7.85. The zero-order chi connectivity index (χ0) is 16.1. The molecule has 1 unspecified atom stereocenters. The molecule has 2 aliphatic rings. The molecular weight excluding hydrogens is 325 g/mol. The van der Waals surface area contributed by atoms with Crippen molar-refractivity contribution in [3.05, 3.63) is 23.8 Å². The number of hydrogen-bond acceptors (Lipinski definition) is 5. The Kier molecular flexibility index (Phi) is 3.08. The molecule has 3 N–H and O–H groups in total. The van der Waals surface area contributed by atoms with Gasteiger partial charge in [0, 0.05) is 5.92 Å². The molecule has 0 spiro atoms. The molecular formula is C13H12FN5O3S. The van der Waals surface area contributed by atoms with Gasteiger partial charge in [-0.1, -0.05) is 0 Å². The number of halogens is 1. The third-order valence-electron chi connectivity index (χ3n) is 3.74. The summed E-state index contributed by atoms with van der Waals surface area (Å²) in [5.74, 6) is -0.541. The lowest BCUT2D eigenvalue weighted by molar-refractivity contribution is -0.117. The maximum Gasteiger partial charge on any atom is 0.253 e. The number of aromatic hydroxyl groups is 1. The first kappa shape index (κ1) is 14.1. The van der Waals surface area contributed by atoms with E-state index in [4.69, 9.17) is 0 Å². The molecule has 1 aliphatic heterocycles. The van der Waals surface area contributed by atoms with Gasteiger partial charge in [-0.3, -0.25) is 18.9 Å².